The van der Waals surface area contributed by atoms with Crippen LogP contribution in [0.2, 0.25) is 0 Å². The standard InChI is InChI=1S/C9H16N2O/c1-7-3-9(12)6-11(5-7)8(2)4-10/h7-9,12H,3,5-6H2,1-2H3/t7-,8?,9+/m0/s1. The maximum absolute atomic E-state index is 9.44. The average Bonchev–Trinajstić information content (AvgIpc) is 2.01. The Bertz CT molecular complexity index is 177. The van der Waals surface area contributed by atoms with Gasteiger partial charge in [0.15, 0.2) is 0 Å². The SMILES string of the molecule is CC(C#N)N1C[C@@H](C)C[C@@H](O)C1. The van der Waals surface area contributed by atoms with E-state index in [0.29, 0.717) is 12.5 Å². The second-order valence-electron chi connectivity index (χ2n) is 3.75. The highest BCUT2D eigenvalue weighted by molar-refractivity contribution is 4.91. The highest BCUT2D eigenvalue weighted by Crippen LogP contribution is 2.17. The summed E-state index contributed by atoms with van der Waals surface area (Å²) in [5, 5.41) is 18.1. The van der Waals surface area contributed by atoms with Crippen LogP contribution in [-0.4, -0.2) is 35.2 Å². The summed E-state index contributed by atoms with van der Waals surface area (Å²) < 4.78 is 0. The molecular formula is C9H16N2O. The lowest BCUT2D eigenvalue weighted by Gasteiger charge is -2.35. The van der Waals surface area contributed by atoms with Gasteiger partial charge in [0.05, 0.1) is 18.2 Å². The fraction of sp³-hybridized carbons (Fsp3) is 0.889. The van der Waals surface area contributed by atoms with Crippen molar-refractivity contribution in [3.63, 3.8) is 0 Å². The largest absolute Gasteiger partial charge is 0.392 e. The van der Waals surface area contributed by atoms with Gasteiger partial charge >= 0.3 is 0 Å². The van der Waals surface area contributed by atoms with E-state index in [1.165, 1.54) is 0 Å². The molecule has 0 radical (unpaired) electrons. The fourth-order valence-corrected chi connectivity index (χ4v) is 1.76. The van der Waals surface area contributed by atoms with Crippen LogP contribution in [-0.2, 0) is 0 Å². The Labute approximate surface area is 73.6 Å². The van der Waals surface area contributed by atoms with Gasteiger partial charge in [0.1, 0.15) is 0 Å². The lowest BCUT2D eigenvalue weighted by atomic mass is 9.97. The van der Waals surface area contributed by atoms with Crippen molar-refractivity contribution in [1.82, 2.24) is 4.90 Å². The summed E-state index contributed by atoms with van der Waals surface area (Å²) >= 11 is 0. The molecule has 3 nitrogen and oxygen atoms in total. The number of likely N-dealkylation sites (tertiary alicyclic amines) is 1. The number of aliphatic hydroxyl groups is 1. The van der Waals surface area contributed by atoms with Crippen LogP contribution in [0.3, 0.4) is 0 Å². The van der Waals surface area contributed by atoms with E-state index in [4.69, 9.17) is 5.26 Å². The highest BCUT2D eigenvalue weighted by atomic mass is 16.3. The van der Waals surface area contributed by atoms with Gasteiger partial charge in [0.25, 0.3) is 0 Å². The van der Waals surface area contributed by atoms with Crippen LogP contribution in [0.5, 0.6) is 0 Å². The van der Waals surface area contributed by atoms with E-state index >= 15 is 0 Å². The van der Waals surface area contributed by atoms with Crippen molar-refractivity contribution in [3.8, 4) is 6.07 Å². The van der Waals surface area contributed by atoms with Crippen molar-refractivity contribution < 1.29 is 5.11 Å². The maximum atomic E-state index is 9.44. The molecule has 0 saturated carbocycles. The number of hydrogen-bond donors (Lipinski definition) is 1. The molecule has 3 heteroatoms. The quantitative estimate of drug-likeness (QED) is 0.623. The normalized spacial score (nSPS) is 34.2. The summed E-state index contributed by atoms with van der Waals surface area (Å²) in [6.45, 7) is 5.58. The lowest BCUT2D eigenvalue weighted by Crippen LogP contribution is -2.46. The smallest absolute Gasteiger partial charge is 0.0950 e. The minimum absolute atomic E-state index is 0.0672. The van der Waals surface area contributed by atoms with Gasteiger partial charge in [-0.25, -0.2) is 0 Å². The molecule has 0 aromatic heterocycles. The Hall–Kier alpha value is -0.590. The Balaban J connectivity index is 2.50. The number of aliphatic hydroxyl groups excluding tert-OH is 1. The number of rotatable bonds is 1. The topological polar surface area (TPSA) is 47.3 Å². The van der Waals surface area contributed by atoms with Crippen molar-refractivity contribution in [1.29, 1.82) is 5.26 Å². The second-order valence-corrected chi connectivity index (χ2v) is 3.75. The lowest BCUT2D eigenvalue weighted by molar-refractivity contribution is 0.0362. The molecule has 1 aliphatic heterocycles. The van der Waals surface area contributed by atoms with Crippen LogP contribution in [0.15, 0.2) is 0 Å². The molecule has 1 fully saturated rings. The molecule has 68 valence electrons. The average molecular weight is 168 g/mol. The van der Waals surface area contributed by atoms with E-state index in [1.54, 1.807) is 0 Å². The van der Waals surface area contributed by atoms with Crippen molar-refractivity contribution >= 4 is 0 Å². The van der Waals surface area contributed by atoms with E-state index < -0.39 is 0 Å². The van der Waals surface area contributed by atoms with Crippen LogP contribution < -0.4 is 0 Å². The first-order valence-electron chi connectivity index (χ1n) is 4.45. The first-order chi connectivity index (χ1) is 5.63. The van der Waals surface area contributed by atoms with Gasteiger partial charge in [-0.3, -0.25) is 4.90 Å². The minimum atomic E-state index is -0.246. The fourth-order valence-electron chi connectivity index (χ4n) is 1.76. The molecule has 12 heavy (non-hydrogen) atoms. The van der Waals surface area contributed by atoms with Gasteiger partial charge in [-0.05, 0) is 19.3 Å². The van der Waals surface area contributed by atoms with E-state index in [9.17, 15) is 5.11 Å². The van der Waals surface area contributed by atoms with E-state index in [-0.39, 0.29) is 12.1 Å². The number of nitriles is 1. The molecule has 0 bridgehead atoms. The first-order valence-corrected chi connectivity index (χ1v) is 4.45. The van der Waals surface area contributed by atoms with Crippen LogP contribution in [0.4, 0.5) is 0 Å². The molecular weight excluding hydrogens is 152 g/mol. The Morgan fingerprint density at radius 3 is 2.75 bits per heavy atom. The Morgan fingerprint density at radius 1 is 1.58 bits per heavy atom. The Morgan fingerprint density at radius 2 is 2.25 bits per heavy atom. The molecule has 0 aromatic carbocycles. The van der Waals surface area contributed by atoms with Gasteiger partial charge in [0.2, 0.25) is 0 Å². The third kappa shape index (κ3) is 2.20. The van der Waals surface area contributed by atoms with Gasteiger partial charge in [-0.2, -0.15) is 5.26 Å². The molecule has 0 spiro atoms. The monoisotopic (exact) mass is 168 g/mol. The minimum Gasteiger partial charge on any atom is -0.392 e. The zero-order valence-corrected chi connectivity index (χ0v) is 7.70. The molecule has 0 aromatic rings. The molecule has 1 rings (SSSR count). The highest BCUT2D eigenvalue weighted by Gasteiger charge is 2.25. The summed E-state index contributed by atoms with van der Waals surface area (Å²) in [5.74, 6) is 0.504. The van der Waals surface area contributed by atoms with Crippen molar-refractivity contribution in [2.24, 2.45) is 5.92 Å². The molecule has 1 saturated heterocycles. The van der Waals surface area contributed by atoms with Crippen LogP contribution >= 0.6 is 0 Å². The molecule has 0 aliphatic carbocycles. The summed E-state index contributed by atoms with van der Waals surface area (Å²) in [4.78, 5) is 2.04. The van der Waals surface area contributed by atoms with Gasteiger partial charge in [-0.15, -0.1) is 0 Å². The summed E-state index contributed by atoms with van der Waals surface area (Å²) in [7, 11) is 0. The third-order valence-corrected chi connectivity index (χ3v) is 2.40. The molecule has 1 heterocycles. The number of nitrogens with zero attached hydrogens (tertiary/aromatic N) is 2. The van der Waals surface area contributed by atoms with Crippen LogP contribution in [0.25, 0.3) is 0 Å². The molecule has 1 aliphatic rings. The number of β-amino-alcohol motifs (C(OH)–C–C–N with tert-alkyl or cyclic N) is 1. The molecule has 1 N–H and O–H groups in total. The molecule has 3 atom stereocenters. The molecule has 0 amide bonds. The van der Waals surface area contributed by atoms with E-state index in [2.05, 4.69) is 13.0 Å². The van der Waals surface area contributed by atoms with Gasteiger partial charge < -0.3 is 5.11 Å². The van der Waals surface area contributed by atoms with E-state index in [1.807, 2.05) is 11.8 Å². The predicted molar refractivity (Wildman–Crippen MR) is 46.4 cm³/mol. The van der Waals surface area contributed by atoms with Crippen molar-refractivity contribution in [3.05, 3.63) is 0 Å². The van der Waals surface area contributed by atoms with Crippen molar-refractivity contribution in [2.45, 2.75) is 32.4 Å². The van der Waals surface area contributed by atoms with Gasteiger partial charge in [0, 0.05) is 13.1 Å². The maximum Gasteiger partial charge on any atom is 0.0950 e. The van der Waals surface area contributed by atoms with Crippen LogP contribution in [0.1, 0.15) is 20.3 Å². The zero-order valence-electron chi connectivity index (χ0n) is 7.70. The van der Waals surface area contributed by atoms with Crippen LogP contribution in [0, 0.1) is 17.2 Å². The Kier molecular flexibility index (Phi) is 3.07. The summed E-state index contributed by atoms with van der Waals surface area (Å²) in [6, 6.07) is 2.12. The van der Waals surface area contributed by atoms with E-state index in [0.717, 1.165) is 13.0 Å². The van der Waals surface area contributed by atoms with Gasteiger partial charge in [-0.1, -0.05) is 6.92 Å². The number of piperidine rings is 1. The second kappa shape index (κ2) is 3.88. The number of hydrogen-bond acceptors (Lipinski definition) is 3. The summed E-state index contributed by atoms with van der Waals surface area (Å²) in [6.07, 6.45) is 0.624. The molecule has 1 unspecified atom stereocenters. The third-order valence-electron chi connectivity index (χ3n) is 2.40. The summed E-state index contributed by atoms with van der Waals surface area (Å²) in [5.41, 5.74) is 0. The predicted octanol–water partition coefficient (Wildman–Crippen LogP) is 0.601. The zero-order chi connectivity index (χ0) is 9.14. The van der Waals surface area contributed by atoms with Crippen molar-refractivity contribution in [2.75, 3.05) is 13.1 Å². The first kappa shape index (κ1) is 9.50.